The normalized spacial score (nSPS) is 10.6. The fraction of sp³-hybridized carbons (Fsp3) is 0.900. The predicted octanol–water partition coefficient (Wildman–Crippen LogP) is 0.609. The summed E-state index contributed by atoms with van der Waals surface area (Å²) in [5.41, 5.74) is 5.44. The lowest BCUT2D eigenvalue weighted by atomic mass is 10.2. The van der Waals surface area contributed by atoms with Gasteiger partial charge in [-0.2, -0.15) is 0 Å². The first-order valence-corrected chi connectivity index (χ1v) is 5.12. The van der Waals surface area contributed by atoms with Crippen molar-refractivity contribution in [1.29, 1.82) is 0 Å². The van der Waals surface area contributed by atoms with E-state index in [1.54, 1.807) is 7.11 Å². The molecule has 84 valence electrons. The Morgan fingerprint density at radius 3 is 2.57 bits per heavy atom. The van der Waals surface area contributed by atoms with Gasteiger partial charge in [0.2, 0.25) is 5.91 Å². The van der Waals surface area contributed by atoms with Crippen molar-refractivity contribution in [1.82, 2.24) is 4.90 Å². The molecule has 0 bridgehead atoms. The van der Waals surface area contributed by atoms with Gasteiger partial charge in [0, 0.05) is 39.3 Å². The monoisotopic (exact) mass is 202 g/mol. The molecule has 0 aliphatic carbocycles. The van der Waals surface area contributed by atoms with Crippen LogP contribution in [0.15, 0.2) is 0 Å². The zero-order chi connectivity index (χ0) is 11.0. The van der Waals surface area contributed by atoms with Crippen LogP contribution in [0, 0.1) is 0 Å². The maximum atomic E-state index is 11.7. The minimum Gasteiger partial charge on any atom is -0.385 e. The third kappa shape index (κ3) is 5.19. The molecule has 0 radical (unpaired) electrons. The van der Waals surface area contributed by atoms with Crippen molar-refractivity contribution in [3.05, 3.63) is 0 Å². The highest BCUT2D eigenvalue weighted by Crippen LogP contribution is 2.03. The van der Waals surface area contributed by atoms with Gasteiger partial charge in [-0.3, -0.25) is 4.79 Å². The fourth-order valence-corrected chi connectivity index (χ4v) is 1.32. The van der Waals surface area contributed by atoms with Gasteiger partial charge in [0.05, 0.1) is 0 Å². The van der Waals surface area contributed by atoms with Gasteiger partial charge in [0.15, 0.2) is 0 Å². The first kappa shape index (κ1) is 13.4. The molecule has 4 nitrogen and oxygen atoms in total. The molecular weight excluding hydrogens is 180 g/mol. The number of ether oxygens (including phenoxy) is 1. The fourth-order valence-electron chi connectivity index (χ4n) is 1.32. The van der Waals surface area contributed by atoms with Gasteiger partial charge >= 0.3 is 0 Å². The number of nitrogens with two attached hydrogens (primary N) is 1. The first-order chi connectivity index (χ1) is 6.63. The van der Waals surface area contributed by atoms with Crippen molar-refractivity contribution in [3.8, 4) is 0 Å². The van der Waals surface area contributed by atoms with E-state index < -0.39 is 0 Å². The summed E-state index contributed by atoms with van der Waals surface area (Å²) >= 11 is 0. The van der Waals surface area contributed by atoms with Crippen molar-refractivity contribution in [2.24, 2.45) is 5.73 Å². The Balaban J connectivity index is 3.89. The molecule has 0 saturated carbocycles. The van der Waals surface area contributed by atoms with Gasteiger partial charge in [0.25, 0.3) is 0 Å². The zero-order valence-electron chi connectivity index (χ0n) is 9.45. The molecule has 0 saturated heterocycles. The molecule has 14 heavy (non-hydrogen) atoms. The van der Waals surface area contributed by atoms with Crippen LogP contribution >= 0.6 is 0 Å². The number of hydrogen-bond donors (Lipinski definition) is 1. The maximum absolute atomic E-state index is 11.7. The highest BCUT2D eigenvalue weighted by Gasteiger charge is 2.14. The molecule has 0 atom stereocenters. The number of carbonyl (C=O) groups is 1. The third-order valence-corrected chi connectivity index (χ3v) is 2.05. The summed E-state index contributed by atoms with van der Waals surface area (Å²) < 4.78 is 4.90. The van der Waals surface area contributed by atoms with Gasteiger partial charge in [-0.15, -0.1) is 0 Å². The van der Waals surface area contributed by atoms with Crippen molar-refractivity contribution in [2.75, 3.05) is 26.8 Å². The molecule has 0 fully saturated rings. The molecule has 0 aliphatic rings. The lowest BCUT2D eigenvalue weighted by molar-refractivity contribution is -0.133. The Bertz CT molecular complexity index is 160. The summed E-state index contributed by atoms with van der Waals surface area (Å²) in [6.07, 6.45) is 1.33. The van der Waals surface area contributed by atoms with Crippen LogP contribution in [0.1, 0.15) is 26.7 Å². The molecule has 0 rings (SSSR count). The molecular formula is C10H22N2O2. The lowest BCUT2D eigenvalue weighted by Gasteiger charge is -2.26. The second-order valence-electron chi connectivity index (χ2n) is 3.57. The van der Waals surface area contributed by atoms with E-state index in [1.165, 1.54) is 0 Å². The Morgan fingerprint density at radius 2 is 2.14 bits per heavy atom. The molecule has 0 aromatic heterocycles. The minimum absolute atomic E-state index is 0.169. The van der Waals surface area contributed by atoms with Crippen LogP contribution in [0.2, 0.25) is 0 Å². The summed E-state index contributed by atoms with van der Waals surface area (Å²) in [4.78, 5) is 13.5. The molecule has 0 unspecified atom stereocenters. The predicted molar refractivity (Wildman–Crippen MR) is 57.0 cm³/mol. The molecule has 0 spiro atoms. The van der Waals surface area contributed by atoms with E-state index in [4.69, 9.17) is 10.5 Å². The van der Waals surface area contributed by atoms with E-state index in [0.717, 1.165) is 6.42 Å². The molecule has 0 aromatic carbocycles. The summed E-state index contributed by atoms with van der Waals surface area (Å²) in [5, 5.41) is 0. The average molecular weight is 202 g/mol. The van der Waals surface area contributed by atoms with E-state index in [0.29, 0.717) is 26.1 Å². The number of methoxy groups -OCH3 is 1. The van der Waals surface area contributed by atoms with Crippen molar-refractivity contribution in [2.45, 2.75) is 32.7 Å². The lowest BCUT2D eigenvalue weighted by Crippen LogP contribution is -2.40. The van der Waals surface area contributed by atoms with Gasteiger partial charge in [-0.25, -0.2) is 0 Å². The van der Waals surface area contributed by atoms with E-state index in [2.05, 4.69) is 0 Å². The maximum Gasteiger partial charge on any atom is 0.222 e. The van der Waals surface area contributed by atoms with E-state index in [-0.39, 0.29) is 11.9 Å². The Labute approximate surface area is 86.4 Å². The topological polar surface area (TPSA) is 55.6 Å². The van der Waals surface area contributed by atoms with Gasteiger partial charge < -0.3 is 15.4 Å². The second kappa shape index (κ2) is 7.76. The van der Waals surface area contributed by atoms with Gasteiger partial charge in [-0.1, -0.05) is 0 Å². The summed E-state index contributed by atoms with van der Waals surface area (Å²) in [6.45, 7) is 5.81. The van der Waals surface area contributed by atoms with Gasteiger partial charge in [0.1, 0.15) is 0 Å². The van der Waals surface area contributed by atoms with E-state index >= 15 is 0 Å². The third-order valence-electron chi connectivity index (χ3n) is 2.05. The van der Waals surface area contributed by atoms with Crippen LogP contribution in [0.3, 0.4) is 0 Å². The smallest absolute Gasteiger partial charge is 0.222 e. The molecule has 0 heterocycles. The summed E-state index contributed by atoms with van der Waals surface area (Å²) in [6, 6.07) is 0.230. The highest BCUT2D eigenvalue weighted by molar-refractivity contribution is 5.76. The zero-order valence-corrected chi connectivity index (χ0v) is 9.45. The van der Waals surface area contributed by atoms with Gasteiger partial charge in [-0.05, 0) is 20.3 Å². The minimum atomic E-state index is 0.169. The van der Waals surface area contributed by atoms with Crippen LogP contribution in [-0.2, 0) is 9.53 Å². The quantitative estimate of drug-likeness (QED) is 0.615. The Morgan fingerprint density at radius 1 is 1.50 bits per heavy atom. The molecule has 4 heteroatoms. The van der Waals surface area contributed by atoms with Crippen LogP contribution in [0.25, 0.3) is 0 Å². The summed E-state index contributed by atoms with van der Waals surface area (Å²) in [5.74, 6) is 0.169. The summed E-state index contributed by atoms with van der Waals surface area (Å²) in [7, 11) is 1.64. The van der Waals surface area contributed by atoms with Crippen LogP contribution in [0.5, 0.6) is 0 Å². The number of rotatable bonds is 7. The van der Waals surface area contributed by atoms with Crippen LogP contribution in [-0.4, -0.2) is 43.7 Å². The van der Waals surface area contributed by atoms with Crippen LogP contribution < -0.4 is 5.73 Å². The van der Waals surface area contributed by atoms with E-state index in [1.807, 2.05) is 18.7 Å². The Kier molecular flexibility index (Phi) is 7.42. The molecule has 2 N–H and O–H groups in total. The average Bonchev–Trinajstić information content (AvgIpc) is 2.13. The SMILES string of the molecule is COCCCC(=O)N(CCN)C(C)C. The van der Waals surface area contributed by atoms with E-state index in [9.17, 15) is 4.79 Å². The molecule has 1 amide bonds. The standard InChI is InChI=1S/C10H22N2O2/c1-9(2)12(7-6-11)10(13)5-4-8-14-3/h9H,4-8,11H2,1-3H3. The second-order valence-corrected chi connectivity index (χ2v) is 3.57. The highest BCUT2D eigenvalue weighted by atomic mass is 16.5. The Hall–Kier alpha value is -0.610. The van der Waals surface area contributed by atoms with Crippen molar-refractivity contribution >= 4 is 5.91 Å². The number of carbonyl (C=O) groups excluding carboxylic acids is 1. The molecule has 0 aromatic rings. The molecule has 0 aliphatic heterocycles. The number of nitrogens with zero attached hydrogens (tertiary/aromatic N) is 1. The largest absolute Gasteiger partial charge is 0.385 e. The number of hydrogen-bond acceptors (Lipinski definition) is 3. The van der Waals surface area contributed by atoms with Crippen molar-refractivity contribution < 1.29 is 9.53 Å². The van der Waals surface area contributed by atoms with Crippen molar-refractivity contribution in [3.63, 3.8) is 0 Å². The first-order valence-electron chi connectivity index (χ1n) is 5.12. The van der Waals surface area contributed by atoms with Crippen LogP contribution in [0.4, 0.5) is 0 Å². The number of amides is 1.